The molecule has 5 heteroatoms. The first kappa shape index (κ1) is 20.2. The summed E-state index contributed by atoms with van der Waals surface area (Å²) < 4.78 is 0.948. The van der Waals surface area contributed by atoms with Gasteiger partial charge in [0.15, 0.2) is 0 Å². The van der Waals surface area contributed by atoms with E-state index in [2.05, 4.69) is 27.3 Å². The predicted molar refractivity (Wildman–Crippen MR) is 108 cm³/mol. The Kier molecular flexibility index (Phi) is 6.98. The number of aryl methyl sites for hydroxylation is 2. The molecule has 138 valence electrons. The van der Waals surface area contributed by atoms with Crippen molar-refractivity contribution in [3.05, 3.63) is 69.2 Å². The predicted octanol–water partition coefficient (Wildman–Crippen LogP) is 3.77. The fourth-order valence-electron chi connectivity index (χ4n) is 3.07. The molecule has 0 saturated heterocycles. The number of carbonyl (C=O) groups excluding carboxylic acids is 2. The van der Waals surface area contributed by atoms with Crippen LogP contribution in [0.25, 0.3) is 0 Å². The maximum absolute atomic E-state index is 13.0. The van der Waals surface area contributed by atoms with Crippen LogP contribution in [-0.2, 0) is 22.6 Å². The molecule has 2 aromatic rings. The minimum atomic E-state index is -0.544. The van der Waals surface area contributed by atoms with Crippen molar-refractivity contribution in [2.45, 2.75) is 39.8 Å². The van der Waals surface area contributed by atoms with E-state index in [1.54, 1.807) is 18.9 Å². The average Bonchev–Trinajstić information content (AvgIpc) is 2.57. The second-order valence-corrected chi connectivity index (χ2v) is 7.53. The molecule has 0 radical (unpaired) electrons. The highest BCUT2D eigenvalue weighted by molar-refractivity contribution is 9.10. The summed E-state index contributed by atoms with van der Waals surface area (Å²) in [5.41, 5.74) is 4.20. The highest BCUT2D eigenvalue weighted by atomic mass is 79.9. The summed E-state index contributed by atoms with van der Waals surface area (Å²) >= 11 is 3.46. The number of benzene rings is 2. The maximum Gasteiger partial charge on any atom is 0.242 e. The van der Waals surface area contributed by atoms with Crippen LogP contribution >= 0.6 is 15.9 Å². The van der Waals surface area contributed by atoms with E-state index in [4.69, 9.17) is 0 Å². The van der Waals surface area contributed by atoms with E-state index in [0.29, 0.717) is 6.54 Å². The van der Waals surface area contributed by atoms with Crippen molar-refractivity contribution in [2.24, 2.45) is 0 Å². The molecule has 2 amide bonds. The molecular formula is C21H25BrN2O2. The molecule has 2 aromatic carbocycles. The van der Waals surface area contributed by atoms with Crippen molar-refractivity contribution in [1.82, 2.24) is 10.2 Å². The van der Waals surface area contributed by atoms with Gasteiger partial charge in [-0.05, 0) is 44.0 Å². The summed E-state index contributed by atoms with van der Waals surface area (Å²) in [6, 6.07) is 13.4. The van der Waals surface area contributed by atoms with Crippen molar-refractivity contribution in [2.75, 3.05) is 7.05 Å². The number of likely N-dealkylation sites (N-methyl/N-ethyl adjacent to an activating group) is 1. The number of hydrogen-bond acceptors (Lipinski definition) is 2. The summed E-state index contributed by atoms with van der Waals surface area (Å²) in [5.74, 6) is -0.236. The van der Waals surface area contributed by atoms with Crippen LogP contribution in [0.3, 0.4) is 0 Å². The molecule has 0 heterocycles. The van der Waals surface area contributed by atoms with Crippen LogP contribution in [0.15, 0.2) is 46.9 Å². The van der Waals surface area contributed by atoms with Crippen LogP contribution in [0.4, 0.5) is 0 Å². The topological polar surface area (TPSA) is 49.4 Å². The molecule has 1 N–H and O–H groups in total. The number of nitrogens with one attached hydrogen (secondary N) is 1. The van der Waals surface area contributed by atoms with Gasteiger partial charge in [0.25, 0.3) is 0 Å². The van der Waals surface area contributed by atoms with Crippen molar-refractivity contribution < 1.29 is 9.59 Å². The van der Waals surface area contributed by atoms with Crippen molar-refractivity contribution in [3.8, 4) is 0 Å². The van der Waals surface area contributed by atoms with Gasteiger partial charge in [-0.2, -0.15) is 0 Å². The zero-order chi connectivity index (χ0) is 19.3. The van der Waals surface area contributed by atoms with Crippen LogP contribution in [0.1, 0.15) is 29.2 Å². The van der Waals surface area contributed by atoms with Gasteiger partial charge in [-0.25, -0.2) is 0 Å². The van der Waals surface area contributed by atoms with Gasteiger partial charge in [0.2, 0.25) is 11.8 Å². The average molecular weight is 417 g/mol. The number of carbonyl (C=O) groups is 2. The molecule has 0 aromatic heterocycles. The summed E-state index contributed by atoms with van der Waals surface area (Å²) in [4.78, 5) is 26.8. The number of halogens is 1. The van der Waals surface area contributed by atoms with E-state index in [-0.39, 0.29) is 18.2 Å². The third-order valence-electron chi connectivity index (χ3n) is 4.29. The fourth-order valence-corrected chi connectivity index (χ4v) is 3.52. The Labute approximate surface area is 163 Å². The van der Waals surface area contributed by atoms with Crippen molar-refractivity contribution in [3.63, 3.8) is 0 Å². The largest absolute Gasteiger partial charge is 0.357 e. The lowest BCUT2D eigenvalue weighted by molar-refractivity contribution is -0.139. The van der Waals surface area contributed by atoms with Crippen molar-refractivity contribution in [1.29, 1.82) is 0 Å². The van der Waals surface area contributed by atoms with Crippen LogP contribution in [0, 0.1) is 13.8 Å². The number of rotatable bonds is 6. The highest BCUT2D eigenvalue weighted by Gasteiger charge is 2.25. The molecule has 1 atom stereocenters. The summed E-state index contributed by atoms with van der Waals surface area (Å²) in [6.07, 6.45) is 0.276. The maximum atomic E-state index is 13.0. The van der Waals surface area contributed by atoms with E-state index in [0.717, 1.165) is 26.7 Å². The molecule has 26 heavy (non-hydrogen) atoms. The van der Waals surface area contributed by atoms with E-state index in [1.165, 1.54) is 0 Å². The molecule has 0 aliphatic carbocycles. The summed E-state index contributed by atoms with van der Waals surface area (Å²) in [6.45, 7) is 6.19. The van der Waals surface area contributed by atoms with Gasteiger partial charge in [0, 0.05) is 18.1 Å². The molecule has 4 nitrogen and oxygen atoms in total. The molecule has 0 aliphatic rings. The Morgan fingerprint density at radius 1 is 1.08 bits per heavy atom. The lowest BCUT2D eigenvalue weighted by atomic mass is 10.0. The van der Waals surface area contributed by atoms with Gasteiger partial charge in [0.1, 0.15) is 6.04 Å². The Bertz CT molecular complexity index is 784. The van der Waals surface area contributed by atoms with Gasteiger partial charge >= 0.3 is 0 Å². The Balaban J connectivity index is 2.26. The highest BCUT2D eigenvalue weighted by Crippen LogP contribution is 2.17. The minimum Gasteiger partial charge on any atom is -0.357 e. The first-order chi connectivity index (χ1) is 12.3. The quantitative estimate of drug-likeness (QED) is 0.778. The monoisotopic (exact) mass is 416 g/mol. The lowest BCUT2D eigenvalue weighted by Gasteiger charge is -2.28. The molecular weight excluding hydrogens is 392 g/mol. The second kappa shape index (κ2) is 8.99. The number of hydrogen-bond donors (Lipinski definition) is 1. The van der Waals surface area contributed by atoms with Gasteiger partial charge in [-0.15, -0.1) is 0 Å². The normalized spacial score (nSPS) is 11.7. The number of nitrogens with zero attached hydrogens (tertiary/aromatic N) is 1. The third kappa shape index (κ3) is 5.43. The lowest BCUT2D eigenvalue weighted by Crippen LogP contribution is -2.47. The molecule has 0 spiro atoms. The first-order valence-corrected chi connectivity index (χ1v) is 9.42. The molecule has 2 rings (SSSR count). The smallest absolute Gasteiger partial charge is 0.242 e. The summed E-state index contributed by atoms with van der Waals surface area (Å²) in [5, 5.41) is 2.64. The Hall–Kier alpha value is -2.14. The Morgan fingerprint density at radius 3 is 2.31 bits per heavy atom. The summed E-state index contributed by atoms with van der Waals surface area (Å²) in [7, 11) is 1.59. The van der Waals surface area contributed by atoms with E-state index in [1.807, 2.05) is 50.2 Å². The molecule has 1 unspecified atom stereocenters. The standard InChI is InChI=1S/C21H25BrN2O2/c1-14-8-15(2)10-18(9-14)12-20(25)24(16(3)21(26)23-4)13-17-6-5-7-19(22)11-17/h5-11,16H,12-13H2,1-4H3,(H,23,26). The van der Waals surface area contributed by atoms with Gasteiger partial charge in [-0.1, -0.05) is 57.4 Å². The molecule has 0 bridgehead atoms. The zero-order valence-corrected chi connectivity index (χ0v) is 17.3. The van der Waals surface area contributed by atoms with Gasteiger partial charge in [0.05, 0.1) is 6.42 Å². The molecule has 0 aliphatic heterocycles. The molecule has 0 fully saturated rings. The van der Waals surface area contributed by atoms with Crippen LogP contribution in [0.5, 0.6) is 0 Å². The SMILES string of the molecule is CNC(=O)C(C)N(Cc1cccc(Br)c1)C(=O)Cc1cc(C)cc(C)c1. The van der Waals surface area contributed by atoms with Crippen LogP contribution in [-0.4, -0.2) is 29.8 Å². The molecule has 0 saturated carbocycles. The fraction of sp³-hybridized carbons (Fsp3) is 0.333. The van der Waals surface area contributed by atoms with Crippen molar-refractivity contribution >= 4 is 27.7 Å². The second-order valence-electron chi connectivity index (χ2n) is 6.61. The number of amides is 2. The van der Waals surface area contributed by atoms with Crippen LogP contribution < -0.4 is 5.32 Å². The van der Waals surface area contributed by atoms with E-state index < -0.39 is 6.04 Å². The zero-order valence-electron chi connectivity index (χ0n) is 15.7. The van der Waals surface area contributed by atoms with E-state index in [9.17, 15) is 9.59 Å². The Morgan fingerprint density at radius 2 is 1.73 bits per heavy atom. The third-order valence-corrected chi connectivity index (χ3v) is 4.79. The van der Waals surface area contributed by atoms with E-state index >= 15 is 0 Å². The van der Waals surface area contributed by atoms with Gasteiger partial charge in [-0.3, -0.25) is 9.59 Å². The van der Waals surface area contributed by atoms with Crippen LogP contribution in [0.2, 0.25) is 0 Å². The minimum absolute atomic E-state index is 0.0638. The first-order valence-electron chi connectivity index (χ1n) is 8.63. The van der Waals surface area contributed by atoms with Gasteiger partial charge < -0.3 is 10.2 Å².